The molecule has 25 heavy (non-hydrogen) atoms. The van der Waals surface area contributed by atoms with E-state index in [9.17, 15) is 4.79 Å². The van der Waals surface area contributed by atoms with Crippen molar-refractivity contribution < 1.29 is 9.53 Å². The number of halogens is 1. The number of nitrogens with one attached hydrogen (secondary N) is 1. The summed E-state index contributed by atoms with van der Waals surface area (Å²) in [6.45, 7) is 1.49. The molecule has 2 aromatic rings. The molecular formula is C19H22ClN3O2. The molecule has 1 aromatic heterocycles. The first-order valence-corrected chi connectivity index (χ1v) is 8.81. The van der Waals surface area contributed by atoms with Crippen molar-refractivity contribution in [2.75, 3.05) is 25.5 Å². The Balaban J connectivity index is 1.53. The average molecular weight is 360 g/mol. The van der Waals surface area contributed by atoms with Gasteiger partial charge in [-0.15, -0.1) is 0 Å². The number of anilines is 1. The number of hydrogen-bond donors (Lipinski definition) is 1. The van der Waals surface area contributed by atoms with Gasteiger partial charge in [0.15, 0.2) is 0 Å². The molecule has 0 aliphatic carbocycles. The Morgan fingerprint density at radius 3 is 2.80 bits per heavy atom. The summed E-state index contributed by atoms with van der Waals surface area (Å²) in [7, 11) is 1.63. The van der Waals surface area contributed by atoms with Crippen LogP contribution in [0.15, 0.2) is 42.7 Å². The quantitative estimate of drug-likeness (QED) is 0.889. The lowest BCUT2D eigenvalue weighted by atomic mass is 10.0. The van der Waals surface area contributed by atoms with Crippen LogP contribution in [-0.2, 0) is 11.2 Å². The van der Waals surface area contributed by atoms with Crippen molar-refractivity contribution in [3.63, 3.8) is 0 Å². The maximum Gasteiger partial charge on any atom is 0.227 e. The van der Waals surface area contributed by atoms with Gasteiger partial charge in [-0.2, -0.15) is 0 Å². The minimum absolute atomic E-state index is 0.143. The first kappa shape index (κ1) is 17.5. The number of aromatic nitrogens is 1. The topological polar surface area (TPSA) is 54.5 Å². The molecule has 5 nitrogen and oxygen atoms in total. The van der Waals surface area contributed by atoms with Gasteiger partial charge in [-0.05, 0) is 25.0 Å². The number of likely N-dealkylation sites (tertiary alicyclic amines) is 1. The van der Waals surface area contributed by atoms with E-state index in [4.69, 9.17) is 16.3 Å². The standard InChI is InChI=1S/C19H22ClN3O2/c1-25-18-5-3-2-4-14(18)12-19(24)23-10-7-15(8-11-23)22-17-6-9-21-13-16(17)20/h2-6,9,13,15H,7-8,10-12H2,1H3,(H,21,22). The molecule has 0 unspecified atom stereocenters. The number of hydrogen-bond acceptors (Lipinski definition) is 4. The van der Waals surface area contributed by atoms with Crippen molar-refractivity contribution in [3.8, 4) is 5.75 Å². The van der Waals surface area contributed by atoms with Crippen LogP contribution in [0.5, 0.6) is 5.75 Å². The normalized spacial score (nSPS) is 15.0. The fourth-order valence-corrected chi connectivity index (χ4v) is 3.28. The number of piperidine rings is 1. The molecule has 1 saturated heterocycles. The maximum absolute atomic E-state index is 12.6. The predicted octanol–water partition coefficient (Wildman–Crippen LogP) is 3.39. The van der Waals surface area contributed by atoms with E-state index in [-0.39, 0.29) is 5.91 Å². The number of pyridine rings is 1. The Hall–Kier alpha value is -2.27. The fourth-order valence-electron chi connectivity index (χ4n) is 3.11. The van der Waals surface area contributed by atoms with E-state index >= 15 is 0 Å². The Labute approximate surface area is 153 Å². The van der Waals surface area contributed by atoms with Crippen molar-refractivity contribution in [1.82, 2.24) is 9.88 Å². The zero-order valence-electron chi connectivity index (χ0n) is 14.2. The Kier molecular flexibility index (Phi) is 5.76. The molecule has 0 spiro atoms. The summed E-state index contributed by atoms with van der Waals surface area (Å²) in [5.41, 5.74) is 1.83. The average Bonchev–Trinajstić information content (AvgIpc) is 2.64. The van der Waals surface area contributed by atoms with Gasteiger partial charge >= 0.3 is 0 Å². The summed E-state index contributed by atoms with van der Waals surface area (Å²) in [5.74, 6) is 0.907. The first-order chi connectivity index (χ1) is 12.2. The van der Waals surface area contributed by atoms with E-state index in [0.29, 0.717) is 17.5 Å². The van der Waals surface area contributed by atoms with Crippen LogP contribution in [-0.4, -0.2) is 42.0 Å². The molecule has 2 heterocycles. The fraction of sp³-hybridized carbons (Fsp3) is 0.368. The van der Waals surface area contributed by atoms with Crippen LogP contribution in [0.3, 0.4) is 0 Å². The molecule has 1 aromatic carbocycles. The third-order valence-electron chi connectivity index (χ3n) is 4.51. The number of ether oxygens (including phenoxy) is 1. The van der Waals surface area contributed by atoms with Gasteiger partial charge in [0, 0.05) is 37.1 Å². The van der Waals surface area contributed by atoms with Crippen molar-refractivity contribution in [2.45, 2.75) is 25.3 Å². The number of methoxy groups -OCH3 is 1. The second-order valence-electron chi connectivity index (χ2n) is 6.14. The summed E-state index contributed by atoms with van der Waals surface area (Å²) in [4.78, 5) is 18.5. The molecular weight excluding hydrogens is 338 g/mol. The summed E-state index contributed by atoms with van der Waals surface area (Å²) in [6.07, 6.45) is 5.53. The van der Waals surface area contributed by atoms with Crippen molar-refractivity contribution >= 4 is 23.2 Å². The molecule has 132 valence electrons. The SMILES string of the molecule is COc1ccccc1CC(=O)N1CCC(Nc2ccncc2Cl)CC1. The number of amides is 1. The van der Waals surface area contributed by atoms with Crippen LogP contribution in [0.25, 0.3) is 0 Å². The molecule has 0 saturated carbocycles. The van der Waals surface area contributed by atoms with Crippen LogP contribution < -0.4 is 10.1 Å². The third kappa shape index (κ3) is 4.42. The second kappa shape index (κ2) is 8.21. The van der Waals surface area contributed by atoms with Gasteiger partial charge < -0.3 is 15.0 Å². The van der Waals surface area contributed by atoms with E-state index in [1.165, 1.54) is 0 Å². The number of nitrogens with zero attached hydrogens (tertiary/aromatic N) is 2. The lowest BCUT2D eigenvalue weighted by Crippen LogP contribution is -2.43. The van der Waals surface area contributed by atoms with E-state index in [2.05, 4.69) is 10.3 Å². The maximum atomic E-state index is 12.6. The van der Waals surface area contributed by atoms with E-state index in [0.717, 1.165) is 42.9 Å². The van der Waals surface area contributed by atoms with Crippen molar-refractivity contribution in [3.05, 3.63) is 53.3 Å². The predicted molar refractivity (Wildman–Crippen MR) is 99.2 cm³/mol. The molecule has 1 amide bonds. The number of carbonyl (C=O) groups is 1. The van der Waals surface area contributed by atoms with E-state index < -0.39 is 0 Å². The Morgan fingerprint density at radius 1 is 1.32 bits per heavy atom. The minimum atomic E-state index is 0.143. The number of carbonyl (C=O) groups excluding carboxylic acids is 1. The number of rotatable bonds is 5. The van der Waals surface area contributed by atoms with Gasteiger partial charge in [-0.25, -0.2) is 0 Å². The van der Waals surface area contributed by atoms with E-state index in [1.54, 1.807) is 19.5 Å². The molecule has 3 rings (SSSR count). The van der Waals surface area contributed by atoms with Crippen molar-refractivity contribution in [1.29, 1.82) is 0 Å². The summed E-state index contributed by atoms with van der Waals surface area (Å²) >= 11 is 6.14. The molecule has 1 aliphatic rings. The monoisotopic (exact) mass is 359 g/mol. The van der Waals surface area contributed by atoms with Crippen LogP contribution in [0.4, 0.5) is 5.69 Å². The van der Waals surface area contributed by atoms with Gasteiger partial charge in [0.2, 0.25) is 5.91 Å². The van der Waals surface area contributed by atoms with Gasteiger partial charge in [-0.1, -0.05) is 29.8 Å². The Bertz CT molecular complexity index is 730. The van der Waals surface area contributed by atoms with Gasteiger partial charge in [0.1, 0.15) is 5.75 Å². The molecule has 1 aliphatic heterocycles. The van der Waals surface area contributed by atoms with Crippen molar-refractivity contribution in [2.24, 2.45) is 0 Å². The Morgan fingerprint density at radius 2 is 2.08 bits per heavy atom. The molecule has 0 radical (unpaired) electrons. The van der Waals surface area contributed by atoms with Crippen LogP contribution in [0, 0.1) is 0 Å². The first-order valence-electron chi connectivity index (χ1n) is 8.43. The molecule has 6 heteroatoms. The van der Waals surface area contributed by atoms with Crippen LogP contribution in [0.1, 0.15) is 18.4 Å². The number of benzene rings is 1. The molecule has 0 bridgehead atoms. The molecule has 0 atom stereocenters. The van der Waals surface area contributed by atoms with Gasteiger partial charge in [0.25, 0.3) is 0 Å². The highest BCUT2D eigenvalue weighted by Gasteiger charge is 2.23. The van der Waals surface area contributed by atoms with Crippen LogP contribution in [0.2, 0.25) is 5.02 Å². The van der Waals surface area contributed by atoms with Gasteiger partial charge in [-0.3, -0.25) is 9.78 Å². The molecule has 1 N–H and O–H groups in total. The zero-order valence-corrected chi connectivity index (χ0v) is 15.0. The molecule has 1 fully saturated rings. The highest BCUT2D eigenvalue weighted by molar-refractivity contribution is 6.33. The summed E-state index contributed by atoms with van der Waals surface area (Å²) in [6, 6.07) is 9.86. The minimum Gasteiger partial charge on any atom is -0.496 e. The highest BCUT2D eigenvalue weighted by atomic mass is 35.5. The second-order valence-corrected chi connectivity index (χ2v) is 6.55. The smallest absolute Gasteiger partial charge is 0.227 e. The summed E-state index contributed by atoms with van der Waals surface area (Å²) in [5, 5.41) is 4.07. The summed E-state index contributed by atoms with van der Waals surface area (Å²) < 4.78 is 5.33. The van der Waals surface area contributed by atoms with Gasteiger partial charge in [0.05, 0.1) is 24.2 Å². The largest absolute Gasteiger partial charge is 0.496 e. The number of para-hydroxylation sites is 1. The third-order valence-corrected chi connectivity index (χ3v) is 4.82. The van der Waals surface area contributed by atoms with E-state index in [1.807, 2.05) is 35.2 Å². The lowest BCUT2D eigenvalue weighted by molar-refractivity contribution is -0.131. The zero-order chi connectivity index (χ0) is 17.6. The lowest BCUT2D eigenvalue weighted by Gasteiger charge is -2.33. The highest BCUT2D eigenvalue weighted by Crippen LogP contribution is 2.24. The van der Waals surface area contributed by atoms with Crippen LogP contribution >= 0.6 is 11.6 Å².